The minimum absolute atomic E-state index is 0.125. The lowest BCUT2D eigenvalue weighted by molar-refractivity contribution is 0.102. The summed E-state index contributed by atoms with van der Waals surface area (Å²) in [6.07, 6.45) is 7.34. The summed E-state index contributed by atoms with van der Waals surface area (Å²) in [7, 11) is 0. The van der Waals surface area contributed by atoms with Crippen LogP contribution in [0.3, 0.4) is 0 Å². The van der Waals surface area contributed by atoms with Crippen LogP contribution in [0.2, 0.25) is 0 Å². The van der Waals surface area contributed by atoms with Crippen LogP contribution >= 0.6 is 11.9 Å². The maximum atomic E-state index is 13.3. The summed E-state index contributed by atoms with van der Waals surface area (Å²) in [6, 6.07) is 7.72. The highest BCUT2D eigenvalue weighted by Crippen LogP contribution is 2.54. The van der Waals surface area contributed by atoms with Gasteiger partial charge in [0.1, 0.15) is 11.6 Å². The van der Waals surface area contributed by atoms with Gasteiger partial charge in [0, 0.05) is 42.2 Å². The number of aromatic nitrogens is 2. The highest BCUT2D eigenvalue weighted by Gasteiger charge is 2.44. The van der Waals surface area contributed by atoms with Crippen LogP contribution in [-0.4, -0.2) is 46.4 Å². The van der Waals surface area contributed by atoms with Gasteiger partial charge in [-0.25, -0.2) is 9.97 Å². The first-order chi connectivity index (χ1) is 15.5. The van der Waals surface area contributed by atoms with Crippen molar-refractivity contribution in [3.63, 3.8) is 0 Å². The molecule has 1 spiro atoms. The number of nitrogens with one attached hydrogen (secondary N) is 2. The van der Waals surface area contributed by atoms with Gasteiger partial charge in [0.05, 0.1) is 17.9 Å². The molecule has 170 valence electrons. The summed E-state index contributed by atoms with van der Waals surface area (Å²) >= 11 is 1.46. The van der Waals surface area contributed by atoms with Crippen molar-refractivity contribution in [2.45, 2.75) is 51.4 Å². The standard InChI is InChI=1S/C24H31N5O2S/c1-16-14-21(26-22(25-16)17-2-3-17)27-23(31)19-5-4-18(28-32-13-12-30)15-20(19)29-10-8-24(6-7-24)9-11-29/h4-5,14-15,17,28,30H,2-3,6-13H2,1H3,(H,25,26,27,31). The van der Waals surface area contributed by atoms with Gasteiger partial charge in [-0.3, -0.25) is 4.79 Å². The number of piperidine rings is 1. The first kappa shape index (κ1) is 21.5. The molecule has 1 amide bonds. The molecule has 1 saturated heterocycles. The van der Waals surface area contributed by atoms with Crippen molar-refractivity contribution in [3.8, 4) is 0 Å². The molecule has 2 heterocycles. The lowest BCUT2D eigenvalue weighted by Crippen LogP contribution is -2.35. The highest BCUT2D eigenvalue weighted by atomic mass is 32.2. The number of aryl methyl sites for hydroxylation is 1. The summed E-state index contributed by atoms with van der Waals surface area (Å²) in [4.78, 5) is 24.8. The van der Waals surface area contributed by atoms with Gasteiger partial charge in [-0.05, 0) is 69.1 Å². The van der Waals surface area contributed by atoms with Crippen molar-refractivity contribution < 1.29 is 9.90 Å². The Hall–Kier alpha value is -2.32. The number of benzene rings is 1. The molecule has 7 nitrogen and oxygen atoms in total. The van der Waals surface area contributed by atoms with E-state index in [0.29, 0.717) is 28.5 Å². The van der Waals surface area contributed by atoms with E-state index in [0.717, 1.165) is 48.8 Å². The van der Waals surface area contributed by atoms with E-state index in [1.165, 1.54) is 37.6 Å². The highest BCUT2D eigenvalue weighted by molar-refractivity contribution is 8.00. The van der Waals surface area contributed by atoms with E-state index in [2.05, 4.69) is 31.0 Å². The topological polar surface area (TPSA) is 90.4 Å². The molecule has 3 N–H and O–H groups in total. The number of hydrogen-bond acceptors (Lipinski definition) is 7. The molecule has 2 aliphatic carbocycles. The minimum Gasteiger partial charge on any atom is -0.395 e. The molecule has 1 aromatic heterocycles. The van der Waals surface area contributed by atoms with E-state index in [1.54, 1.807) is 0 Å². The summed E-state index contributed by atoms with van der Waals surface area (Å²) < 4.78 is 3.28. The fourth-order valence-corrected chi connectivity index (χ4v) is 4.98. The number of carbonyl (C=O) groups excluding carboxylic acids is 1. The number of aliphatic hydroxyl groups excluding tert-OH is 1. The van der Waals surface area contributed by atoms with Crippen LogP contribution in [0.5, 0.6) is 0 Å². The largest absolute Gasteiger partial charge is 0.395 e. The van der Waals surface area contributed by atoms with Gasteiger partial charge in [-0.2, -0.15) is 0 Å². The molecule has 0 unspecified atom stereocenters. The molecule has 1 aliphatic heterocycles. The van der Waals surface area contributed by atoms with Gasteiger partial charge in [-0.1, -0.05) is 11.9 Å². The predicted molar refractivity (Wildman–Crippen MR) is 129 cm³/mol. The lowest BCUT2D eigenvalue weighted by Gasteiger charge is -2.35. The maximum absolute atomic E-state index is 13.3. The van der Waals surface area contributed by atoms with Crippen molar-refractivity contribution in [3.05, 3.63) is 41.3 Å². The molecule has 2 aromatic rings. The van der Waals surface area contributed by atoms with Crippen molar-refractivity contribution in [2.75, 3.05) is 40.4 Å². The summed E-state index contributed by atoms with van der Waals surface area (Å²) in [5.74, 6) is 2.32. The smallest absolute Gasteiger partial charge is 0.258 e. The van der Waals surface area contributed by atoms with Gasteiger partial charge < -0.3 is 20.0 Å². The van der Waals surface area contributed by atoms with Gasteiger partial charge in [-0.15, -0.1) is 0 Å². The van der Waals surface area contributed by atoms with Gasteiger partial charge in [0.15, 0.2) is 0 Å². The molecule has 3 aliphatic rings. The molecule has 0 atom stereocenters. The quantitative estimate of drug-likeness (QED) is 0.404. The molecule has 1 aromatic carbocycles. The van der Waals surface area contributed by atoms with Gasteiger partial charge in [0.2, 0.25) is 0 Å². The minimum atomic E-state index is -0.138. The number of rotatable bonds is 8. The van der Waals surface area contributed by atoms with E-state index in [-0.39, 0.29) is 12.5 Å². The van der Waals surface area contributed by atoms with Crippen LogP contribution in [0.25, 0.3) is 0 Å². The average Bonchev–Trinajstić information content (AvgIpc) is 3.71. The Kier molecular flexibility index (Phi) is 5.99. The third kappa shape index (κ3) is 4.86. The van der Waals surface area contributed by atoms with E-state index in [1.807, 2.05) is 25.1 Å². The molecular weight excluding hydrogens is 422 g/mol. The zero-order valence-corrected chi connectivity index (χ0v) is 19.4. The summed E-state index contributed by atoms with van der Waals surface area (Å²) in [6.45, 7) is 4.03. The van der Waals surface area contributed by atoms with E-state index in [4.69, 9.17) is 5.11 Å². The first-order valence-electron chi connectivity index (χ1n) is 11.6. The summed E-state index contributed by atoms with van der Waals surface area (Å²) in [5, 5.41) is 12.1. The van der Waals surface area contributed by atoms with Crippen LogP contribution in [0.15, 0.2) is 24.3 Å². The Balaban J connectivity index is 1.38. The Labute approximate surface area is 193 Å². The number of nitrogens with zero attached hydrogens (tertiary/aromatic N) is 3. The number of carbonyl (C=O) groups is 1. The molecule has 0 bridgehead atoms. The van der Waals surface area contributed by atoms with E-state index >= 15 is 0 Å². The van der Waals surface area contributed by atoms with Crippen LogP contribution in [0, 0.1) is 12.3 Å². The number of amides is 1. The third-order valence-electron chi connectivity index (χ3n) is 6.80. The molecular formula is C24H31N5O2S. The van der Waals surface area contributed by atoms with Crippen LogP contribution in [0.4, 0.5) is 17.2 Å². The third-order valence-corrected chi connectivity index (χ3v) is 7.57. The molecule has 5 rings (SSSR count). The summed E-state index contributed by atoms with van der Waals surface area (Å²) in [5.41, 5.74) is 4.02. The number of hydrogen-bond donors (Lipinski definition) is 3. The Morgan fingerprint density at radius 3 is 2.66 bits per heavy atom. The fraction of sp³-hybridized carbons (Fsp3) is 0.542. The average molecular weight is 454 g/mol. The second-order valence-corrected chi connectivity index (χ2v) is 10.3. The zero-order chi connectivity index (χ0) is 22.1. The Bertz CT molecular complexity index is 996. The van der Waals surface area contributed by atoms with Crippen LogP contribution < -0.4 is 14.9 Å². The molecule has 8 heteroatoms. The van der Waals surface area contributed by atoms with Crippen molar-refractivity contribution in [1.82, 2.24) is 9.97 Å². The second kappa shape index (κ2) is 8.90. The van der Waals surface area contributed by atoms with Crippen LogP contribution in [-0.2, 0) is 0 Å². The van der Waals surface area contributed by atoms with Crippen molar-refractivity contribution in [1.29, 1.82) is 0 Å². The van der Waals surface area contributed by atoms with Crippen molar-refractivity contribution >= 4 is 35.0 Å². The normalized spacial score (nSPS) is 19.1. The van der Waals surface area contributed by atoms with Crippen LogP contribution in [0.1, 0.15) is 66.3 Å². The first-order valence-corrected chi connectivity index (χ1v) is 12.6. The fourth-order valence-electron chi connectivity index (χ4n) is 4.49. The maximum Gasteiger partial charge on any atom is 0.258 e. The molecule has 2 saturated carbocycles. The predicted octanol–water partition coefficient (Wildman–Crippen LogP) is 4.35. The Morgan fingerprint density at radius 2 is 1.97 bits per heavy atom. The van der Waals surface area contributed by atoms with Gasteiger partial charge in [0.25, 0.3) is 5.91 Å². The second-order valence-electron chi connectivity index (χ2n) is 9.37. The van der Waals surface area contributed by atoms with E-state index in [9.17, 15) is 4.79 Å². The monoisotopic (exact) mass is 453 g/mol. The number of aliphatic hydroxyl groups is 1. The van der Waals surface area contributed by atoms with Crippen molar-refractivity contribution in [2.24, 2.45) is 5.41 Å². The van der Waals surface area contributed by atoms with E-state index < -0.39 is 0 Å². The zero-order valence-electron chi connectivity index (χ0n) is 18.6. The Morgan fingerprint density at radius 1 is 1.19 bits per heavy atom. The van der Waals surface area contributed by atoms with Gasteiger partial charge >= 0.3 is 0 Å². The lowest BCUT2D eigenvalue weighted by atomic mass is 9.93. The SMILES string of the molecule is Cc1cc(NC(=O)c2ccc(NSCCO)cc2N2CCC3(CC2)CC3)nc(C2CC2)n1. The molecule has 32 heavy (non-hydrogen) atoms. The molecule has 0 radical (unpaired) electrons. The molecule has 3 fully saturated rings. The number of anilines is 3.